The van der Waals surface area contributed by atoms with Crippen LogP contribution in [0.1, 0.15) is 94.2 Å². The molecule has 1 aromatic rings. The Kier molecular flexibility index (Phi) is 6.60. The number of hydrogen-bond donors (Lipinski definition) is 2. The van der Waals surface area contributed by atoms with Gasteiger partial charge in [0.1, 0.15) is 0 Å². The minimum Gasteiger partial charge on any atom is -0.504 e. The number of phenolic OH excluding ortho intramolecular Hbond substituents is 2. The van der Waals surface area contributed by atoms with Crippen molar-refractivity contribution in [2.75, 3.05) is 0 Å². The first-order valence-electron chi connectivity index (χ1n) is 9.25. The summed E-state index contributed by atoms with van der Waals surface area (Å²) in [6, 6.07) is 2.21. The summed E-state index contributed by atoms with van der Waals surface area (Å²) in [6.45, 7) is 4.33. The molecule has 2 rings (SSSR count). The number of aryl methyl sites for hydroxylation is 1. The van der Waals surface area contributed by atoms with Gasteiger partial charge < -0.3 is 10.2 Å². The lowest BCUT2D eigenvalue weighted by Gasteiger charge is -2.26. The fraction of sp³-hybridized carbons (Fsp3) is 0.700. The van der Waals surface area contributed by atoms with Gasteiger partial charge >= 0.3 is 0 Å². The first-order valence-corrected chi connectivity index (χ1v) is 9.25. The van der Waals surface area contributed by atoms with E-state index in [9.17, 15) is 10.2 Å². The van der Waals surface area contributed by atoms with Gasteiger partial charge in [0.05, 0.1) is 0 Å². The first kappa shape index (κ1) is 17.2. The molecule has 1 aliphatic rings. The predicted octanol–water partition coefficient (Wildman–Crippen LogP) is 5.83. The van der Waals surface area contributed by atoms with Crippen LogP contribution in [-0.2, 0) is 12.8 Å². The van der Waals surface area contributed by atoms with Crippen molar-refractivity contribution in [3.63, 3.8) is 0 Å². The van der Waals surface area contributed by atoms with E-state index in [0.29, 0.717) is 5.92 Å². The Bertz CT molecular complexity index is 473. The summed E-state index contributed by atoms with van der Waals surface area (Å²) in [5.41, 5.74) is 3.29. The number of rotatable bonds is 7. The molecule has 1 aromatic carbocycles. The van der Waals surface area contributed by atoms with E-state index in [-0.39, 0.29) is 11.5 Å². The molecule has 0 radical (unpaired) electrons. The van der Waals surface area contributed by atoms with Gasteiger partial charge in [0.2, 0.25) is 0 Å². The number of hydrogen-bond acceptors (Lipinski definition) is 2. The summed E-state index contributed by atoms with van der Waals surface area (Å²) < 4.78 is 0. The Morgan fingerprint density at radius 2 is 1.55 bits per heavy atom. The van der Waals surface area contributed by atoms with Crippen LogP contribution in [0.5, 0.6) is 11.5 Å². The zero-order valence-corrected chi connectivity index (χ0v) is 14.3. The maximum Gasteiger partial charge on any atom is 0.161 e. The van der Waals surface area contributed by atoms with Crippen LogP contribution in [0.4, 0.5) is 0 Å². The molecule has 0 saturated heterocycles. The van der Waals surface area contributed by atoms with E-state index in [1.54, 1.807) is 0 Å². The van der Waals surface area contributed by atoms with E-state index in [0.717, 1.165) is 49.7 Å². The molecule has 2 N–H and O–H groups in total. The molecule has 0 aliphatic heterocycles. The maximum absolute atomic E-state index is 10.6. The third kappa shape index (κ3) is 3.97. The Balaban J connectivity index is 2.38. The molecule has 0 bridgehead atoms. The second-order valence-electron chi connectivity index (χ2n) is 6.84. The van der Waals surface area contributed by atoms with Gasteiger partial charge in [-0.25, -0.2) is 0 Å². The topological polar surface area (TPSA) is 40.5 Å². The van der Waals surface area contributed by atoms with Crippen molar-refractivity contribution in [1.82, 2.24) is 0 Å². The normalized spacial score (nSPS) is 16.1. The van der Waals surface area contributed by atoms with Gasteiger partial charge in [-0.1, -0.05) is 52.0 Å². The fourth-order valence-electron chi connectivity index (χ4n) is 3.73. The number of aromatic hydroxyl groups is 2. The molecule has 22 heavy (non-hydrogen) atoms. The highest BCUT2D eigenvalue weighted by Gasteiger charge is 2.23. The van der Waals surface area contributed by atoms with Crippen LogP contribution in [0.2, 0.25) is 0 Å². The van der Waals surface area contributed by atoms with Gasteiger partial charge in [-0.05, 0) is 55.6 Å². The lowest BCUT2D eigenvalue weighted by Crippen LogP contribution is -2.09. The molecule has 1 aliphatic carbocycles. The number of unbranched alkanes of at least 4 members (excludes halogenated alkanes) is 2. The van der Waals surface area contributed by atoms with E-state index in [1.807, 2.05) is 0 Å². The van der Waals surface area contributed by atoms with Crippen molar-refractivity contribution >= 4 is 0 Å². The zero-order chi connectivity index (χ0) is 15.9. The summed E-state index contributed by atoms with van der Waals surface area (Å²) in [7, 11) is 0. The summed E-state index contributed by atoms with van der Waals surface area (Å²) in [4.78, 5) is 0. The molecule has 1 saturated carbocycles. The second kappa shape index (κ2) is 8.45. The van der Waals surface area contributed by atoms with Gasteiger partial charge in [0.15, 0.2) is 11.5 Å². The molecular weight excluding hydrogens is 272 g/mol. The summed E-state index contributed by atoms with van der Waals surface area (Å²) >= 11 is 0. The molecular formula is C20H32O2. The van der Waals surface area contributed by atoms with Crippen LogP contribution < -0.4 is 0 Å². The maximum atomic E-state index is 10.6. The number of phenols is 2. The van der Waals surface area contributed by atoms with E-state index in [2.05, 4.69) is 19.9 Å². The lowest BCUT2D eigenvalue weighted by molar-refractivity contribution is 0.388. The standard InChI is InChI=1S/C20H32O2/c1-3-5-10-16-14-18(15-11-8-7-9-12-15)17(13-6-4-2)20(22)19(16)21/h14-15,21-22H,3-13H2,1-2H3. The van der Waals surface area contributed by atoms with Gasteiger partial charge in [-0.15, -0.1) is 0 Å². The molecule has 1 fully saturated rings. The SMILES string of the molecule is CCCCc1cc(C2CCCCC2)c(CCCC)c(O)c1O. The van der Waals surface area contributed by atoms with Gasteiger partial charge in [-0.2, -0.15) is 0 Å². The van der Waals surface area contributed by atoms with Crippen molar-refractivity contribution in [3.8, 4) is 11.5 Å². The van der Waals surface area contributed by atoms with Crippen LogP contribution in [0.25, 0.3) is 0 Å². The highest BCUT2D eigenvalue weighted by Crippen LogP contribution is 2.43. The molecule has 124 valence electrons. The summed E-state index contributed by atoms with van der Waals surface area (Å²) in [6.07, 6.45) is 12.5. The fourth-order valence-corrected chi connectivity index (χ4v) is 3.73. The van der Waals surface area contributed by atoms with Crippen LogP contribution in [-0.4, -0.2) is 10.2 Å². The van der Waals surface area contributed by atoms with Crippen molar-refractivity contribution in [1.29, 1.82) is 0 Å². The van der Waals surface area contributed by atoms with Crippen molar-refractivity contribution in [2.45, 2.75) is 90.4 Å². The smallest absolute Gasteiger partial charge is 0.161 e. The summed E-state index contributed by atoms with van der Waals surface area (Å²) in [5.74, 6) is 0.884. The highest BCUT2D eigenvalue weighted by atomic mass is 16.3. The quantitative estimate of drug-likeness (QED) is 0.622. The molecule has 2 nitrogen and oxygen atoms in total. The largest absolute Gasteiger partial charge is 0.504 e. The van der Waals surface area contributed by atoms with Crippen LogP contribution in [0, 0.1) is 0 Å². The van der Waals surface area contributed by atoms with Gasteiger partial charge in [0, 0.05) is 5.56 Å². The molecule has 0 spiro atoms. The molecule has 0 heterocycles. The van der Waals surface area contributed by atoms with Crippen molar-refractivity contribution in [3.05, 3.63) is 22.8 Å². The lowest BCUT2D eigenvalue weighted by atomic mass is 9.80. The Morgan fingerprint density at radius 1 is 0.909 bits per heavy atom. The van der Waals surface area contributed by atoms with Crippen molar-refractivity contribution in [2.24, 2.45) is 0 Å². The number of benzene rings is 1. The van der Waals surface area contributed by atoms with E-state index in [1.165, 1.54) is 37.7 Å². The molecule has 0 atom stereocenters. The van der Waals surface area contributed by atoms with E-state index < -0.39 is 0 Å². The molecule has 0 aromatic heterocycles. The van der Waals surface area contributed by atoms with Crippen molar-refractivity contribution < 1.29 is 10.2 Å². The Hall–Kier alpha value is -1.18. The van der Waals surface area contributed by atoms with Crippen LogP contribution >= 0.6 is 0 Å². The predicted molar refractivity (Wildman–Crippen MR) is 92.8 cm³/mol. The molecule has 0 unspecified atom stereocenters. The molecule has 0 amide bonds. The zero-order valence-electron chi connectivity index (χ0n) is 14.3. The van der Waals surface area contributed by atoms with E-state index >= 15 is 0 Å². The third-order valence-electron chi connectivity index (χ3n) is 5.12. The first-order chi connectivity index (χ1) is 10.7. The molecule has 2 heteroatoms. The average Bonchev–Trinajstić information content (AvgIpc) is 2.56. The monoisotopic (exact) mass is 304 g/mol. The van der Waals surface area contributed by atoms with E-state index in [4.69, 9.17) is 0 Å². The second-order valence-corrected chi connectivity index (χ2v) is 6.84. The third-order valence-corrected chi connectivity index (χ3v) is 5.12. The minimum atomic E-state index is 0.138. The van der Waals surface area contributed by atoms with Crippen LogP contribution in [0.3, 0.4) is 0 Å². The van der Waals surface area contributed by atoms with Crippen LogP contribution in [0.15, 0.2) is 6.07 Å². The Labute approximate surface area is 135 Å². The van der Waals surface area contributed by atoms with Gasteiger partial charge in [-0.3, -0.25) is 0 Å². The Morgan fingerprint density at radius 3 is 2.18 bits per heavy atom. The minimum absolute atomic E-state index is 0.138. The average molecular weight is 304 g/mol. The summed E-state index contributed by atoms with van der Waals surface area (Å²) in [5, 5.41) is 20.9. The van der Waals surface area contributed by atoms with Gasteiger partial charge in [0.25, 0.3) is 0 Å². The highest BCUT2D eigenvalue weighted by molar-refractivity contribution is 5.55.